The monoisotopic (exact) mass is 437 g/mol. The van der Waals surface area contributed by atoms with Crippen molar-refractivity contribution in [3.05, 3.63) is 58.0 Å². The molecule has 11 heteroatoms. The largest absolute Gasteiger partial charge is 0.360 e. The third-order valence-electron chi connectivity index (χ3n) is 5.11. The molecule has 1 aliphatic heterocycles. The number of nitrogens with zero attached hydrogens (tertiary/aromatic N) is 6. The predicted molar refractivity (Wildman–Crippen MR) is 117 cm³/mol. The van der Waals surface area contributed by atoms with Crippen LogP contribution in [0, 0.1) is 24.0 Å². The molecule has 1 fully saturated rings. The number of amides is 1. The summed E-state index contributed by atoms with van der Waals surface area (Å²) < 4.78 is 4.96. The second kappa shape index (κ2) is 9.10. The van der Waals surface area contributed by atoms with Gasteiger partial charge in [-0.25, -0.2) is 9.97 Å². The third-order valence-corrected chi connectivity index (χ3v) is 5.11. The van der Waals surface area contributed by atoms with Crippen LogP contribution in [0.3, 0.4) is 0 Å². The Morgan fingerprint density at radius 3 is 2.62 bits per heavy atom. The van der Waals surface area contributed by atoms with Gasteiger partial charge in [-0.05, 0) is 13.8 Å². The third kappa shape index (κ3) is 5.06. The first-order chi connectivity index (χ1) is 15.4. The minimum Gasteiger partial charge on any atom is -0.360 e. The van der Waals surface area contributed by atoms with Gasteiger partial charge in [0.2, 0.25) is 5.91 Å². The molecule has 0 bridgehead atoms. The summed E-state index contributed by atoms with van der Waals surface area (Å²) in [7, 11) is 0. The van der Waals surface area contributed by atoms with Gasteiger partial charge in [-0.3, -0.25) is 19.8 Å². The summed E-state index contributed by atoms with van der Waals surface area (Å²) in [6, 6.07) is 9.88. The van der Waals surface area contributed by atoms with Gasteiger partial charge in [0.1, 0.15) is 11.6 Å². The van der Waals surface area contributed by atoms with Crippen LogP contribution in [0.15, 0.2) is 40.9 Å². The summed E-state index contributed by atoms with van der Waals surface area (Å²) in [4.78, 5) is 36.2. The Bertz CT molecular complexity index is 1140. The summed E-state index contributed by atoms with van der Waals surface area (Å²) in [5.74, 6) is 2.13. The molecule has 166 valence electrons. The fourth-order valence-electron chi connectivity index (χ4n) is 3.55. The molecule has 1 amide bonds. The fraction of sp³-hybridized carbons (Fsp3) is 0.333. The van der Waals surface area contributed by atoms with E-state index in [1.807, 2.05) is 13.0 Å². The van der Waals surface area contributed by atoms with Crippen molar-refractivity contribution in [2.45, 2.75) is 13.8 Å². The average molecular weight is 437 g/mol. The van der Waals surface area contributed by atoms with E-state index in [9.17, 15) is 14.9 Å². The van der Waals surface area contributed by atoms with Crippen LogP contribution in [-0.4, -0.2) is 63.6 Å². The summed E-state index contributed by atoms with van der Waals surface area (Å²) in [6.45, 7) is 6.68. The van der Waals surface area contributed by atoms with E-state index < -0.39 is 4.92 Å². The SMILES string of the molecule is Cc1cc(N2CCN(CC(=O)Nc3cc(C)on3)CC2)nc(-c2cccc([N+](=O)[O-])c2)n1. The van der Waals surface area contributed by atoms with Gasteiger partial charge in [0.25, 0.3) is 5.69 Å². The van der Waals surface area contributed by atoms with Crippen LogP contribution in [0.2, 0.25) is 0 Å². The minimum absolute atomic E-state index is 0.00169. The summed E-state index contributed by atoms with van der Waals surface area (Å²) >= 11 is 0. The first-order valence-corrected chi connectivity index (χ1v) is 10.2. The van der Waals surface area contributed by atoms with Gasteiger partial charge in [-0.15, -0.1) is 0 Å². The fourth-order valence-corrected chi connectivity index (χ4v) is 3.55. The molecule has 1 aromatic carbocycles. The lowest BCUT2D eigenvalue weighted by Gasteiger charge is -2.35. The Balaban J connectivity index is 1.39. The molecule has 0 radical (unpaired) electrons. The van der Waals surface area contributed by atoms with E-state index in [2.05, 4.69) is 30.2 Å². The zero-order valence-electron chi connectivity index (χ0n) is 17.8. The number of benzene rings is 1. The van der Waals surface area contributed by atoms with Crippen molar-refractivity contribution in [1.29, 1.82) is 0 Å². The molecule has 0 atom stereocenters. The number of rotatable bonds is 6. The zero-order valence-corrected chi connectivity index (χ0v) is 17.8. The van der Waals surface area contributed by atoms with Crippen molar-refractivity contribution in [2.24, 2.45) is 0 Å². The first-order valence-electron chi connectivity index (χ1n) is 10.2. The van der Waals surface area contributed by atoms with Crippen LogP contribution in [0.4, 0.5) is 17.3 Å². The van der Waals surface area contributed by atoms with Gasteiger partial charge >= 0.3 is 0 Å². The van der Waals surface area contributed by atoms with Gasteiger partial charge in [-0.1, -0.05) is 17.3 Å². The molecule has 3 aromatic rings. The van der Waals surface area contributed by atoms with E-state index in [1.165, 1.54) is 12.1 Å². The number of aryl methyl sites for hydroxylation is 2. The van der Waals surface area contributed by atoms with Crippen LogP contribution in [0.5, 0.6) is 0 Å². The summed E-state index contributed by atoms with van der Waals surface area (Å²) in [5.41, 5.74) is 1.38. The Hall–Kier alpha value is -3.86. The molecule has 1 aliphatic rings. The predicted octanol–water partition coefficient (Wildman–Crippen LogP) is 2.42. The molecule has 1 saturated heterocycles. The molecular formula is C21H23N7O4. The number of hydrogen-bond acceptors (Lipinski definition) is 9. The smallest absolute Gasteiger partial charge is 0.270 e. The lowest BCUT2D eigenvalue weighted by atomic mass is 10.2. The molecule has 11 nitrogen and oxygen atoms in total. The van der Waals surface area contributed by atoms with Crippen molar-refractivity contribution >= 4 is 23.2 Å². The minimum atomic E-state index is -0.431. The molecule has 0 aliphatic carbocycles. The second-order valence-corrected chi connectivity index (χ2v) is 7.63. The maximum absolute atomic E-state index is 12.2. The van der Waals surface area contributed by atoms with E-state index >= 15 is 0 Å². The highest BCUT2D eigenvalue weighted by atomic mass is 16.6. The summed E-state index contributed by atoms with van der Waals surface area (Å²) in [5, 5.41) is 17.6. The standard InChI is InChI=1S/C21H23N7O4/c1-14-10-19(24-21(22-14)16-4-3-5-17(12-16)28(30)31)27-8-6-26(7-9-27)13-20(29)23-18-11-15(2)32-25-18/h3-5,10-12H,6-9,13H2,1-2H3,(H,23,25,29). The quantitative estimate of drug-likeness (QED) is 0.456. The van der Waals surface area contributed by atoms with Crippen LogP contribution < -0.4 is 10.2 Å². The van der Waals surface area contributed by atoms with E-state index in [1.54, 1.807) is 25.1 Å². The number of hydrogen-bond donors (Lipinski definition) is 1. The highest BCUT2D eigenvalue weighted by molar-refractivity contribution is 5.91. The number of carbonyl (C=O) groups excluding carboxylic acids is 1. The molecule has 1 N–H and O–H groups in total. The van der Waals surface area contributed by atoms with Crippen molar-refractivity contribution in [3.63, 3.8) is 0 Å². The Morgan fingerprint density at radius 2 is 1.94 bits per heavy atom. The van der Waals surface area contributed by atoms with E-state index in [-0.39, 0.29) is 18.1 Å². The molecule has 0 spiro atoms. The van der Waals surface area contributed by atoms with Crippen molar-refractivity contribution < 1.29 is 14.2 Å². The van der Waals surface area contributed by atoms with Crippen molar-refractivity contribution in [2.75, 3.05) is 42.9 Å². The van der Waals surface area contributed by atoms with Crippen LogP contribution in [0.1, 0.15) is 11.5 Å². The van der Waals surface area contributed by atoms with Crippen molar-refractivity contribution in [1.82, 2.24) is 20.0 Å². The van der Waals surface area contributed by atoms with E-state index in [4.69, 9.17) is 4.52 Å². The molecule has 0 unspecified atom stereocenters. The molecule has 32 heavy (non-hydrogen) atoms. The van der Waals surface area contributed by atoms with Gasteiger partial charge in [0.05, 0.1) is 11.5 Å². The second-order valence-electron chi connectivity index (χ2n) is 7.63. The van der Waals surface area contributed by atoms with Gasteiger partial charge < -0.3 is 14.7 Å². The Morgan fingerprint density at radius 1 is 1.16 bits per heavy atom. The maximum Gasteiger partial charge on any atom is 0.270 e. The van der Waals surface area contributed by atoms with Crippen LogP contribution >= 0.6 is 0 Å². The molecule has 0 saturated carbocycles. The lowest BCUT2D eigenvalue weighted by Crippen LogP contribution is -2.49. The number of anilines is 2. The Kier molecular flexibility index (Phi) is 6.08. The van der Waals surface area contributed by atoms with E-state index in [0.717, 1.165) is 11.5 Å². The summed E-state index contributed by atoms with van der Waals surface area (Å²) in [6.07, 6.45) is 0. The first kappa shape index (κ1) is 21.4. The number of non-ortho nitro benzene ring substituents is 1. The molecule has 4 rings (SSSR count). The number of piperazine rings is 1. The number of nitro groups is 1. The highest BCUT2D eigenvalue weighted by Gasteiger charge is 2.21. The van der Waals surface area contributed by atoms with Gasteiger partial charge in [0, 0.05) is 61.7 Å². The maximum atomic E-state index is 12.2. The number of carbonyl (C=O) groups is 1. The molecular weight excluding hydrogens is 414 g/mol. The van der Waals surface area contributed by atoms with Crippen LogP contribution in [0.25, 0.3) is 11.4 Å². The average Bonchev–Trinajstić information content (AvgIpc) is 3.18. The number of aromatic nitrogens is 3. The van der Waals surface area contributed by atoms with Gasteiger partial charge in [-0.2, -0.15) is 0 Å². The lowest BCUT2D eigenvalue weighted by molar-refractivity contribution is -0.384. The normalized spacial score (nSPS) is 14.4. The number of nitro benzene ring substituents is 1. The highest BCUT2D eigenvalue weighted by Crippen LogP contribution is 2.24. The van der Waals surface area contributed by atoms with E-state index in [0.29, 0.717) is 49.1 Å². The molecule has 3 heterocycles. The Labute approximate surface area is 184 Å². The van der Waals surface area contributed by atoms with Gasteiger partial charge in [0.15, 0.2) is 11.6 Å². The number of nitrogens with one attached hydrogen (secondary N) is 1. The topological polar surface area (TPSA) is 131 Å². The zero-order chi connectivity index (χ0) is 22.7. The van der Waals surface area contributed by atoms with Crippen LogP contribution in [-0.2, 0) is 4.79 Å². The van der Waals surface area contributed by atoms with Crippen molar-refractivity contribution in [3.8, 4) is 11.4 Å². The molecule has 2 aromatic heterocycles.